The SMILES string of the molecule is Nc1nc(N2CCC(N3C[C@H](C(=O)NCC(F)F)OC[C@@H]3Cc3ccc(Cl)cc3)CC2)n[nH]1. The number of hydrogen-bond donors (Lipinski definition) is 3. The summed E-state index contributed by atoms with van der Waals surface area (Å²) in [5, 5.41) is 9.74. The number of rotatable bonds is 7. The molecule has 4 N–H and O–H groups in total. The molecule has 9 nitrogen and oxygen atoms in total. The zero-order chi connectivity index (χ0) is 23.4. The zero-order valence-corrected chi connectivity index (χ0v) is 18.8. The van der Waals surface area contributed by atoms with Gasteiger partial charge in [-0.25, -0.2) is 13.9 Å². The number of nitrogens with two attached hydrogens (primary N) is 1. The van der Waals surface area contributed by atoms with Crippen LogP contribution in [-0.2, 0) is 16.0 Å². The largest absolute Gasteiger partial charge is 0.368 e. The second-order valence-corrected chi connectivity index (χ2v) is 8.81. The van der Waals surface area contributed by atoms with Gasteiger partial charge >= 0.3 is 0 Å². The van der Waals surface area contributed by atoms with Gasteiger partial charge in [-0.15, -0.1) is 5.10 Å². The molecule has 4 rings (SSSR count). The molecule has 2 atom stereocenters. The van der Waals surface area contributed by atoms with Gasteiger partial charge in [0.05, 0.1) is 13.2 Å². The van der Waals surface area contributed by atoms with Crippen LogP contribution in [0.2, 0.25) is 5.02 Å². The minimum Gasteiger partial charge on any atom is -0.368 e. The summed E-state index contributed by atoms with van der Waals surface area (Å²) in [6, 6.07) is 7.94. The van der Waals surface area contributed by atoms with Crippen molar-refractivity contribution in [3.05, 3.63) is 34.9 Å². The number of hydrogen-bond acceptors (Lipinski definition) is 7. The number of nitrogen functional groups attached to an aromatic ring is 1. The highest BCUT2D eigenvalue weighted by molar-refractivity contribution is 6.30. The van der Waals surface area contributed by atoms with Crippen molar-refractivity contribution in [1.82, 2.24) is 25.4 Å². The number of morpholine rings is 1. The van der Waals surface area contributed by atoms with Crippen molar-refractivity contribution in [3.63, 3.8) is 0 Å². The molecule has 2 fully saturated rings. The lowest BCUT2D eigenvalue weighted by molar-refractivity contribution is -0.145. The second kappa shape index (κ2) is 10.6. The number of alkyl halides is 2. The summed E-state index contributed by atoms with van der Waals surface area (Å²) in [7, 11) is 0. The van der Waals surface area contributed by atoms with E-state index in [4.69, 9.17) is 22.1 Å². The van der Waals surface area contributed by atoms with Gasteiger partial charge in [-0.05, 0) is 37.0 Å². The van der Waals surface area contributed by atoms with E-state index in [9.17, 15) is 13.6 Å². The van der Waals surface area contributed by atoms with E-state index in [1.165, 1.54) is 0 Å². The number of piperidine rings is 1. The number of carbonyl (C=O) groups is 1. The maximum atomic E-state index is 12.5. The molecular formula is C21H28ClF2N7O2. The van der Waals surface area contributed by atoms with Crippen LogP contribution in [-0.4, -0.2) is 83.4 Å². The first-order chi connectivity index (χ1) is 15.9. The smallest absolute Gasteiger partial charge is 0.255 e. The highest BCUT2D eigenvalue weighted by Gasteiger charge is 2.38. The van der Waals surface area contributed by atoms with Crippen LogP contribution in [0.5, 0.6) is 0 Å². The Morgan fingerprint density at radius 1 is 1.30 bits per heavy atom. The summed E-state index contributed by atoms with van der Waals surface area (Å²) >= 11 is 6.02. The number of halogens is 3. The van der Waals surface area contributed by atoms with Gasteiger partial charge in [0.1, 0.15) is 6.10 Å². The quantitative estimate of drug-likeness (QED) is 0.549. The van der Waals surface area contributed by atoms with E-state index in [1.54, 1.807) is 0 Å². The van der Waals surface area contributed by atoms with Crippen molar-refractivity contribution in [1.29, 1.82) is 0 Å². The predicted octanol–water partition coefficient (Wildman–Crippen LogP) is 1.70. The molecule has 12 heteroatoms. The van der Waals surface area contributed by atoms with E-state index in [-0.39, 0.29) is 18.0 Å². The molecule has 2 aliphatic rings. The molecular weight excluding hydrogens is 456 g/mol. The molecule has 0 bridgehead atoms. The first kappa shape index (κ1) is 23.7. The molecule has 33 heavy (non-hydrogen) atoms. The Hall–Kier alpha value is -2.50. The third-order valence-corrected chi connectivity index (χ3v) is 6.40. The van der Waals surface area contributed by atoms with Crippen molar-refractivity contribution in [2.75, 3.05) is 43.4 Å². The first-order valence-corrected chi connectivity index (χ1v) is 11.4. The highest BCUT2D eigenvalue weighted by atomic mass is 35.5. The Labute approximate surface area is 195 Å². The molecule has 0 unspecified atom stereocenters. The topological polar surface area (TPSA) is 112 Å². The molecule has 0 spiro atoms. The summed E-state index contributed by atoms with van der Waals surface area (Å²) in [4.78, 5) is 21.0. The van der Waals surface area contributed by atoms with Crippen molar-refractivity contribution in [2.45, 2.75) is 43.9 Å². The van der Waals surface area contributed by atoms with Gasteiger partial charge in [-0.2, -0.15) is 4.98 Å². The van der Waals surface area contributed by atoms with Gasteiger partial charge < -0.3 is 20.7 Å². The van der Waals surface area contributed by atoms with Gasteiger partial charge in [0.25, 0.3) is 12.3 Å². The Balaban J connectivity index is 1.44. The lowest BCUT2D eigenvalue weighted by atomic mass is 9.96. The van der Waals surface area contributed by atoms with E-state index in [0.717, 1.165) is 37.9 Å². The van der Waals surface area contributed by atoms with E-state index in [0.29, 0.717) is 24.1 Å². The molecule has 180 valence electrons. The molecule has 1 aromatic carbocycles. The number of ether oxygens (including phenoxy) is 1. The number of amides is 1. The average Bonchev–Trinajstić information content (AvgIpc) is 3.25. The van der Waals surface area contributed by atoms with Crippen LogP contribution in [0.25, 0.3) is 0 Å². The fraction of sp³-hybridized carbons (Fsp3) is 0.571. The number of anilines is 2. The average molecular weight is 484 g/mol. The minimum absolute atomic E-state index is 0.0565. The number of nitrogens with zero attached hydrogens (tertiary/aromatic N) is 4. The molecule has 1 aromatic heterocycles. The summed E-state index contributed by atoms with van der Waals surface area (Å²) in [6.45, 7) is 1.51. The molecule has 2 saturated heterocycles. The van der Waals surface area contributed by atoms with Crippen LogP contribution in [0, 0.1) is 0 Å². The molecule has 0 saturated carbocycles. The van der Waals surface area contributed by atoms with E-state index >= 15 is 0 Å². The second-order valence-electron chi connectivity index (χ2n) is 8.38. The summed E-state index contributed by atoms with van der Waals surface area (Å²) in [5.74, 6) is 0.356. The van der Waals surface area contributed by atoms with Crippen LogP contribution in [0.1, 0.15) is 18.4 Å². The summed E-state index contributed by atoms with van der Waals surface area (Å²) in [5.41, 5.74) is 6.76. The van der Waals surface area contributed by atoms with Crippen LogP contribution in [0.15, 0.2) is 24.3 Å². The predicted molar refractivity (Wildman–Crippen MR) is 120 cm³/mol. The molecule has 2 aromatic rings. The van der Waals surface area contributed by atoms with E-state index in [2.05, 4.69) is 30.3 Å². The van der Waals surface area contributed by atoms with E-state index in [1.807, 2.05) is 24.3 Å². The van der Waals surface area contributed by atoms with Crippen molar-refractivity contribution < 1.29 is 18.3 Å². The number of H-pyrrole nitrogens is 1. The van der Waals surface area contributed by atoms with Crippen molar-refractivity contribution >= 4 is 29.4 Å². The normalized spacial score (nSPS) is 22.6. The lowest BCUT2D eigenvalue weighted by Gasteiger charge is -2.46. The number of benzene rings is 1. The number of carbonyl (C=O) groups excluding carboxylic acids is 1. The third kappa shape index (κ3) is 6.10. The molecule has 0 aliphatic carbocycles. The molecule has 2 aliphatic heterocycles. The summed E-state index contributed by atoms with van der Waals surface area (Å²) < 4.78 is 30.9. The monoisotopic (exact) mass is 483 g/mol. The lowest BCUT2D eigenvalue weighted by Crippen LogP contribution is -2.60. The van der Waals surface area contributed by atoms with Crippen LogP contribution in [0.3, 0.4) is 0 Å². The van der Waals surface area contributed by atoms with Crippen LogP contribution in [0.4, 0.5) is 20.7 Å². The van der Waals surface area contributed by atoms with Gasteiger partial charge in [-0.3, -0.25) is 9.69 Å². The Kier molecular flexibility index (Phi) is 7.61. The molecule has 3 heterocycles. The van der Waals surface area contributed by atoms with Crippen molar-refractivity contribution in [2.24, 2.45) is 0 Å². The van der Waals surface area contributed by atoms with Gasteiger partial charge in [-0.1, -0.05) is 23.7 Å². The fourth-order valence-corrected chi connectivity index (χ4v) is 4.61. The maximum absolute atomic E-state index is 12.5. The Morgan fingerprint density at radius 2 is 2.03 bits per heavy atom. The minimum atomic E-state index is -2.60. The van der Waals surface area contributed by atoms with Crippen LogP contribution >= 0.6 is 11.6 Å². The highest BCUT2D eigenvalue weighted by Crippen LogP contribution is 2.27. The van der Waals surface area contributed by atoms with Crippen molar-refractivity contribution in [3.8, 4) is 0 Å². The van der Waals surface area contributed by atoms with Gasteiger partial charge in [0.2, 0.25) is 11.9 Å². The molecule has 1 amide bonds. The number of aromatic amines is 1. The summed E-state index contributed by atoms with van der Waals surface area (Å²) in [6.07, 6.45) is -0.954. The maximum Gasteiger partial charge on any atom is 0.255 e. The van der Waals surface area contributed by atoms with Crippen LogP contribution < -0.4 is 16.0 Å². The fourth-order valence-electron chi connectivity index (χ4n) is 4.49. The zero-order valence-electron chi connectivity index (χ0n) is 18.1. The van der Waals surface area contributed by atoms with E-state index < -0.39 is 25.0 Å². The molecule has 0 radical (unpaired) electrons. The Morgan fingerprint density at radius 3 is 2.67 bits per heavy atom. The van der Waals surface area contributed by atoms with Gasteiger partial charge in [0.15, 0.2) is 0 Å². The standard InChI is InChI=1S/C21H28ClF2N7O2/c22-14-3-1-13(2-4-14)9-16-12-33-17(19(32)26-10-18(23)24)11-31(16)15-5-7-30(8-6-15)21-27-20(25)28-29-21/h1-4,15-18H,5-12H2,(H,26,32)(H3,25,27,28,29)/t16-,17+/m0/s1. The third-order valence-electron chi connectivity index (χ3n) is 6.15. The Bertz CT molecular complexity index is 922. The first-order valence-electron chi connectivity index (χ1n) is 11.0. The number of nitrogens with one attached hydrogen (secondary N) is 2. The van der Waals surface area contributed by atoms with Gasteiger partial charge in [0, 0.05) is 36.7 Å². The number of aromatic nitrogens is 3.